The second-order valence-electron chi connectivity index (χ2n) is 8.86. The predicted molar refractivity (Wildman–Crippen MR) is 130 cm³/mol. The Hall–Kier alpha value is -3.91. The Morgan fingerprint density at radius 3 is 2.37 bits per heavy atom. The molecule has 2 aliphatic heterocycles. The maximum Gasteiger partial charge on any atom is 0.269 e. The van der Waals surface area contributed by atoms with Crippen molar-refractivity contribution in [1.82, 2.24) is 9.80 Å². The number of hydrogen-bond acceptors (Lipinski definition) is 6. The summed E-state index contributed by atoms with van der Waals surface area (Å²) in [5, 5.41) is 11.5. The van der Waals surface area contributed by atoms with E-state index < -0.39 is 11.1 Å². The largest absolute Gasteiger partial charge is 0.493 e. The van der Waals surface area contributed by atoms with E-state index in [1.54, 1.807) is 26.4 Å². The number of nitrogens with zero attached hydrogens (tertiary/aromatic N) is 3. The number of carbonyl (C=O) groups excluding carboxylic acids is 1. The Bertz CT molecular complexity index is 1260. The highest BCUT2D eigenvalue weighted by Gasteiger charge is 2.48. The molecule has 3 aromatic rings. The molecule has 0 radical (unpaired) electrons. The number of carbonyl (C=O) groups is 1. The zero-order chi connectivity index (χ0) is 24.5. The van der Waals surface area contributed by atoms with Crippen LogP contribution in [0.4, 0.5) is 5.69 Å². The zero-order valence-electron chi connectivity index (χ0n) is 19.7. The number of benzene rings is 3. The number of nitro groups is 1. The predicted octanol–water partition coefficient (Wildman–Crippen LogP) is 4.12. The van der Waals surface area contributed by atoms with E-state index in [1.165, 1.54) is 6.07 Å². The fourth-order valence-electron chi connectivity index (χ4n) is 5.21. The van der Waals surface area contributed by atoms with Gasteiger partial charge in [0.05, 0.1) is 25.2 Å². The summed E-state index contributed by atoms with van der Waals surface area (Å²) >= 11 is 0. The second kappa shape index (κ2) is 9.38. The number of amides is 1. The first-order chi connectivity index (χ1) is 17.0. The molecule has 0 aromatic heterocycles. The molecule has 2 heterocycles. The summed E-state index contributed by atoms with van der Waals surface area (Å²) in [5.74, 6) is 1.32. The van der Waals surface area contributed by atoms with Crippen molar-refractivity contribution in [3.63, 3.8) is 0 Å². The standard InChI is InChI=1S/C27H27N3O5/c1-34-24-15-20-14-23-27(31)28(12-11-18-7-4-3-5-8-18)26(19-9-6-10-22(13-19)30(32)33)29(23)17-21(20)16-25(24)35-2/h3-10,13,15-16,23,26H,11-12,14,17H2,1-2H3/t23-,26-/m0/s1. The lowest BCUT2D eigenvalue weighted by Crippen LogP contribution is -2.39. The Morgan fingerprint density at radius 1 is 0.971 bits per heavy atom. The van der Waals surface area contributed by atoms with Crippen LogP contribution in [0.25, 0.3) is 0 Å². The van der Waals surface area contributed by atoms with Crippen LogP contribution < -0.4 is 9.47 Å². The van der Waals surface area contributed by atoms with Crippen molar-refractivity contribution in [1.29, 1.82) is 0 Å². The van der Waals surface area contributed by atoms with Crippen LogP contribution in [0, 0.1) is 10.1 Å². The monoisotopic (exact) mass is 473 g/mol. The SMILES string of the molecule is COc1cc2c(cc1OC)CN1[C@@H](C2)C(=O)N(CCc2ccccc2)[C@@H]1c1cccc([N+](=O)[O-])c1. The summed E-state index contributed by atoms with van der Waals surface area (Å²) in [7, 11) is 3.20. The van der Waals surface area contributed by atoms with Crippen molar-refractivity contribution in [2.24, 2.45) is 0 Å². The maximum absolute atomic E-state index is 13.7. The highest BCUT2D eigenvalue weighted by Crippen LogP contribution is 2.43. The van der Waals surface area contributed by atoms with Gasteiger partial charge in [0.1, 0.15) is 6.17 Å². The minimum Gasteiger partial charge on any atom is -0.493 e. The topological polar surface area (TPSA) is 85.2 Å². The van der Waals surface area contributed by atoms with Crippen LogP contribution in [0.1, 0.15) is 28.4 Å². The van der Waals surface area contributed by atoms with Crippen LogP contribution in [0.3, 0.4) is 0 Å². The summed E-state index contributed by atoms with van der Waals surface area (Å²) in [6, 6.07) is 20.2. The smallest absolute Gasteiger partial charge is 0.269 e. The van der Waals surface area contributed by atoms with Gasteiger partial charge in [0.15, 0.2) is 11.5 Å². The normalized spacial score (nSPS) is 19.3. The molecular weight excluding hydrogens is 446 g/mol. The van der Waals surface area contributed by atoms with Gasteiger partial charge >= 0.3 is 0 Å². The molecule has 8 nitrogen and oxygen atoms in total. The van der Waals surface area contributed by atoms with Crippen molar-refractivity contribution < 1.29 is 19.2 Å². The first-order valence-corrected chi connectivity index (χ1v) is 11.6. The Labute approximate surface area is 203 Å². The Morgan fingerprint density at radius 2 is 1.69 bits per heavy atom. The van der Waals surface area contributed by atoms with Crippen molar-refractivity contribution in [2.75, 3.05) is 20.8 Å². The van der Waals surface area contributed by atoms with E-state index in [9.17, 15) is 14.9 Å². The third kappa shape index (κ3) is 4.21. The van der Waals surface area contributed by atoms with E-state index in [4.69, 9.17) is 9.47 Å². The van der Waals surface area contributed by atoms with Gasteiger partial charge in [0, 0.05) is 25.2 Å². The van der Waals surface area contributed by atoms with E-state index in [0.717, 1.165) is 22.3 Å². The number of non-ortho nitro benzene ring substituents is 1. The molecule has 0 spiro atoms. The number of fused-ring (bicyclic) bond motifs is 2. The van der Waals surface area contributed by atoms with Gasteiger partial charge in [0.25, 0.3) is 5.69 Å². The van der Waals surface area contributed by atoms with Gasteiger partial charge in [-0.3, -0.25) is 19.8 Å². The van der Waals surface area contributed by atoms with Crippen LogP contribution in [0.2, 0.25) is 0 Å². The molecule has 3 aromatic carbocycles. The average molecular weight is 474 g/mol. The van der Waals surface area contributed by atoms with E-state index in [1.807, 2.05) is 53.4 Å². The molecule has 0 aliphatic carbocycles. The summed E-state index contributed by atoms with van der Waals surface area (Å²) in [5.41, 5.74) is 4.02. The highest BCUT2D eigenvalue weighted by molar-refractivity contribution is 5.85. The molecule has 1 fully saturated rings. The van der Waals surface area contributed by atoms with Gasteiger partial charge in [-0.1, -0.05) is 42.5 Å². The van der Waals surface area contributed by atoms with Crippen LogP contribution in [-0.2, 0) is 24.2 Å². The van der Waals surface area contributed by atoms with E-state index in [2.05, 4.69) is 4.90 Å². The fourth-order valence-corrected chi connectivity index (χ4v) is 5.21. The molecule has 8 heteroatoms. The molecule has 0 saturated carbocycles. The number of hydrogen-bond donors (Lipinski definition) is 0. The van der Waals surface area contributed by atoms with Crippen LogP contribution in [-0.4, -0.2) is 47.4 Å². The van der Waals surface area contributed by atoms with Crippen molar-refractivity contribution in [3.05, 3.63) is 99.1 Å². The summed E-state index contributed by atoms with van der Waals surface area (Å²) < 4.78 is 11.0. The van der Waals surface area contributed by atoms with Crippen molar-refractivity contribution >= 4 is 11.6 Å². The molecule has 35 heavy (non-hydrogen) atoms. The third-order valence-electron chi connectivity index (χ3n) is 6.91. The third-order valence-corrected chi connectivity index (χ3v) is 6.91. The fraction of sp³-hybridized carbons (Fsp3) is 0.296. The lowest BCUT2D eigenvalue weighted by atomic mass is 9.93. The molecule has 0 unspecified atom stereocenters. The first-order valence-electron chi connectivity index (χ1n) is 11.6. The average Bonchev–Trinajstić information content (AvgIpc) is 3.16. The van der Waals surface area contributed by atoms with Crippen molar-refractivity contribution in [2.45, 2.75) is 31.6 Å². The maximum atomic E-state index is 13.7. The quantitative estimate of drug-likeness (QED) is 0.379. The zero-order valence-corrected chi connectivity index (χ0v) is 19.7. The number of rotatable bonds is 7. The molecule has 5 rings (SSSR count). The van der Waals surface area contributed by atoms with Gasteiger partial charge in [-0.05, 0) is 47.2 Å². The van der Waals surface area contributed by atoms with E-state index >= 15 is 0 Å². The van der Waals surface area contributed by atoms with Gasteiger partial charge in [-0.25, -0.2) is 0 Å². The number of nitro benzene ring substituents is 1. The van der Waals surface area contributed by atoms with Gasteiger partial charge in [0.2, 0.25) is 5.91 Å². The molecule has 0 bridgehead atoms. The number of ether oxygens (including phenoxy) is 2. The molecular formula is C27H27N3O5. The van der Waals surface area contributed by atoms with Gasteiger partial charge in [-0.2, -0.15) is 0 Å². The molecule has 0 N–H and O–H groups in total. The Kier molecular flexibility index (Phi) is 6.13. The minimum atomic E-state index is -0.394. The lowest BCUT2D eigenvalue weighted by molar-refractivity contribution is -0.385. The van der Waals surface area contributed by atoms with E-state index in [0.29, 0.717) is 37.4 Å². The molecule has 2 atom stereocenters. The van der Waals surface area contributed by atoms with Crippen molar-refractivity contribution in [3.8, 4) is 11.5 Å². The van der Waals surface area contributed by atoms with Gasteiger partial charge in [-0.15, -0.1) is 0 Å². The van der Waals surface area contributed by atoms with E-state index in [-0.39, 0.29) is 17.6 Å². The molecule has 1 amide bonds. The first kappa shape index (κ1) is 22.9. The van der Waals surface area contributed by atoms with Gasteiger partial charge < -0.3 is 14.4 Å². The summed E-state index contributed by atoms with van der Waals surface area (Å²) in [6.07, 6.45) is 0.854. The summed E-state index contributed by atoms with van der Waals surface area (Å²) in [6.45, 7) is 1.05. The van der Waals surface area contributed by atoms with Crippen LogP contribution in [0.5, 0.6) is 11.5 Å². The second-order valence-corrected chi connectivity index (χ2v) is 8.86. The minimum absolute atomic E-state index is 0.0187. The van der Waals surface area contributed by atoms with Crippen LogP contribution >= 0.6 is 0 Å². The molecule has 1 saturated heterocycles. The molecule has 2 aliphatic rings. The summed E-state index contributed by atoms with van der Waals surface area (Å²) in [4.78, 5) is 28.9. The lowest BCUT2D eigenvalue weighted by Gasteiger charge is -2.35. The number of methoxy groups -OCH3 is 2. The Balaban J connectivity index is 1.53. The highest BCUT2D eigenvalue weighted by atomic mass is 16.6. The van der Waals surface area contributed by atoms with Crippen LogP contribution in [0.15, 0.2) is 66.7 Å². The molecule has 180 valence electrons.